The summed E-state index contributed by atoms with van der Waals surface area (Å²) >= 11 is 5.99. The molecule has 0 aliphatic carbocycles. The summed E-state index contributed by atoms with van der Waals surface area (Å²) in [6.45, 7) is 8.00. The molecular formula is C14H20ClNO2. The molecule has 0 saturated carbocycles. The molecule has 0 bridgehead atoms. The number of benzene rings is 1. The maximum absolute atomic E-state index is 12.5. The monoisotopic (exact) mass is 269 g/mol. The average molecular weight is 270 g/mol. The van der Waals surface area contributed by atoms with Crippen molar-refractivity contribution in [2.24, 2.45) is 0 Å². The molecule has 3 nitrogen and oxygen atoms in total. The van der Waals surface area contributed by atoms with Gasteiger partial charge in [0.2, 0.25) is 0 Å². The Bertz CT molecular complexity index is 422. The van der Waals surface area contributed by atoms with E-state index in [1.807, 2.05) is 32.6 Å². The van der Waals surface area contributed by atoms with Crippen LogP contribution >= 0.6 is 11.6 Å². The van der Waals surface area contributed by atoms with Gasteiger partial charge in [-0.2, -0.15) is 0 Å². The van der Waals surface area contributed by atoms with Gasteiger partial charge in [0.05, 0.1) is 7.11 Å². The predicted molar refractivity (Wildman–Crippen MR) is 74.4 cm³/mol. The first kappa shape index (κ1) is 14.8. The third-order valence-electron chi connectivity index (χ3n) is 2.70. The molecule has 0 radical (unpaired) electrons. The summed E-state index contributed by atoms with van der Waals surface area (Å²) in [4.78, 5) is 14.3. The van der Waals surface area contributed by atoms with Crippen LogP contribution in [0.25, 0.3) is 0 Å². The molecule has 0 heterocycles. The van der Waals surface area contributed by atoms with E-state index in [2.05, 4.69) is 0 Å². The SMILES string of the molecule is COc1cc(Cl)cc(C(=O)N(C(C)C)C(C)C)c1. The normalized spacial score (nSPS) is 10.9. The van der Waals surface area contributed by atoms with Gasteiger partial charge < -0.3 is 9.64 Å². The third-order valence-corrected chi connectivity index (χ3v) is 2.92. The summed E-state index contributed by atoms with van der Waals surface area (Å²) in [6, 6.07) is 5.36. The van der Waals surface area contributed by atoms with Crippen molar-refractivity contribution in [3.8, 4) is 5.75 Å². The van der Waals surface area contributed by atoms with Gasteiger partial charge in [-0.1, -0.05) is 11.6 Å². The Morgan fingerprint density at radius 3 is 2.17 bits per heavy atom. The van der Waals surface area contributed by atoms with Crippen LogP contribution in [0.2, 0.25) is 5.02 Å². The van der Waals surface area contributed by atoms with E-state index in [0.717, 1.165) is 0 Å². The number of hydrogen-bond acceptors (Lipinski definition) is 2. The fourth-order valence-electron chi connectivity index (χ4n) is 2.02. The highest BCUT2D eigenvalue weighted by Crippen LogP contribution is 2.23. The van der Waals surface area contributed by atoms with Gasteiger partial charge in [0, 0.05) is 22.7 Å². The molecule has 0 N–H and O–H groups in total. The van der Waals surface area contributed by atoms with Crippen molar-refractivity contribution in [2.45, 2.75) is 39.8 Å². The van der Waals surface area contributed by atoms with Crippen LogP contribution in [0, 0.1) is 0 Å². The van der Waals surface area contributed by atoms with Crippen LogP contribution in [0.4, 0.5) is 0 Å². The summed E-state index contributed by atoms with van der Waals surface area (Å²) < 4.78 is 5.13. The van der Waals surface area contributed by atoms with Gasteiger partial charge in [-0.25, -0.2) is 0 Å². The van der Waals surface area contributed by atoms with E-state index in [-0.39, 0.29) is 18.0 Å². The van der Waals surface area contributed by atoms with Crippen LogP contribution in [-0.4, -0.2) is 30.0 Å². The number of rotatable bonds is 4. The zero-order chi connectivity index (χ0) is 13.9. The lowest BCUT2D eigenvalue weighted by Crippen LogP contribution is -2.42. The molecule has 1 aromatic rings. The van der Waals surface area contributed by atoms with Gasteiger partial charge in [-0.3, -0.25) is 4.79 Å². The maximum Gasteiger partial charge on any atom is 0.254 e. The topological polar surface area (TPSA) is 29.5 Å². The van der Waals surface area contributed by atoms with Gasteiger partial charge in [-0.15, -0.1) is 0 Å². The largest absolute Gasteiger partial charge is 0.497 e. The summed E-state index contributed by atoms with van der Waals surface area (Å²) in [6.07, 6.45) is 0. The lowest BCUT2D eigenvalue weighted by molar-refractivity contribution is 0.0643. The lowest BCUT2D eigenvalue weighted by Gasteiger charge is -2.31. The van der Waals surface area contributed by atoms with Crippen LogP contribution in [0.3, 0.4) is 0 Å². The van der Waals surface area contributed by atoms with Crippen molar-refractivity contribution in [2.75, 3.05) is 7.11 Å². The second-order valence-electron chi connectivity index (χ2n) is 4.78. The predicted octanol–water partition coefficient (Wildman–Crippen LogP) is 3.61. The Balaban J connectivity index is 3.12. The molecule has 0 aromatic heterocycles. The quantitative estimate of drug-likeness (QED) is 0.836. The molecule has 18 heavy (non-hydrogen) atoms. The summed E-state index contributed by atoms with van der Waals surface area (Å²) in [5, 5.41) is 0.505. The van der Waals surface area contributed by atoms with Crippen LogP contribution < -0.4 is 4.74 Å². The summed E-state index contributed by atoms with van der Waals surface area (Å²) in [7, 11) is 1.56. The Morgan fingerprint density at radius 1 is 1.17 bits per heavy atom. The van der Waals surface area contributed by atoms with E-state index in [9.17, 15) is 4.79 Å². The standard InChI is InChI=1S/C14H20ClNO2/c1-9(2)16(10(3)4)14(17)11-6-12(15)8-13(7-11)18-5/h6-10H,1-5H3. The number of amides is 1. The number of carbonyl (C=O) groups excluding carboxylic acids is 1. The highest BCUT2D eigenvalue weighted by molar-refractivity contribution is 6.31. The van der Waals surface area contributed by atoms with Crippen LogP contribution in [0.15, 0.2) is 18.2 Å². The Labute approximate surface area is 114 Å². The van der Waals surface area contributed by atoms with Gasteiger partial charge in [0.1, 0.15) is 5.75 Å². The maximum atomic E-state index is 12.5. The summed E-state index contributed by atoms with van der Waals surface area (Å²) in [5.74, 6) is 0.569. The van der Waals surface area contributed by atoms with E-state index in [1.54, 1.807) is 25.3 Å². The molecule has 0 unspecified atom stereocenters. The number of ether oxygens (including phenoxy) is 1. The Morgan fingerprint density at radius 2 is 1.72 bits per heavy atom. The van der Waals surface area contributed by atoms with E-state index in [0.29, 0.717) is 16.3 Å². The van der Waals surface area contributed by atoms with Gasteiger partial charge in [0.15, 0.2) is 0 Å². The molecule has 0 saturated heterocycles. The smallest absolute Gasteiger partial charge is 0.254 e. The van der Waals surface area contributed by atoms with Crippen molar-refractivity contribution in [1.29, 1.82) is 0 Å². The first-order valence-corrected chi connectivity index (χ1v) is 6.41. The van der Waals surface area contributed by atoms with Crippen molar-refractivity contribution in [1.82, 2.24) is 4.90 Å². The number of nitrogens with zero attached hydrogens (tertiary/aromatic N) is 1. The van der Waals surface area contributed by atoms with E-state index in [1.165, 1.54) is 0 Å². The van der Waals surface area contributed by atoms with E-state index in [4.69, 9.17) is 16.3 Å². The minimum atomic E-state index is -0.0270. The first-order chi connectivity index (χ1) is 8.36. The van der Waals surface area contributed by atoms with Crippen LogP contribution in [0.5, 0.6) is 5.75 Å². The van der Waals surface area contributed by atoms with E-state index >= 15 is 0 Å². The molecule has 4 heteroatoms. The summed E-state index contributed by atoms with van der Waals surface area (Å²) in [5.41, 5.74) is 0.557. The van der Waals surface area contributed by atoms with Gasteiger partial charge in [-0.05, 0) is 45.9 Å². The minimum absolute atomic E-state index is 0.0270. The van der Waals surface area contributed by atoms with Crippen molar-refractivity contribution < 1.29 is 9.53 Å². The zero-order valence-corrected chi connectivity index (χ0v) is 12.3. The number of methoxy groups -OCH3 is 1. The second-order valence-corrected chi connectivity index (χ2v) is 5.22. The zero-order valence-electron chi connectivity index (χ0n) is 11.5. The molecule has 100 valence electrons. The van der Waals surface area contributed by atoms with E-state index < -0.39 is 0 Å². The second kappa shape index (κ2) is 6.10. The van der Waals surface area contributed by atoms with Crippen molar-refractivity contribution in [3.05, 3.63) is 28.8 Å². The number of halogens is 1. The highest BCUT2D eigenvalue weighted by Gasteiger charge is 2.22. The highest BCUT2D eigenvalue weighted by atomic mass is 35.5. The molecule has 0 fully saturated rings. The van der Waals surface area contributed by atoms with Gasteiger partial charge in [0.25, 0.3) is 5.91 Å². The van der Waals surface area contributed by atoms with Crippen LogP contribution in [0.1, 0.15) is 38.1 Å². The fraction of sp³-hybridized carbons (Fsp3) is 0.500. The third kappa shape index (κ3) is 3.39. The average Bonchev–Trinajstić information content (AvgIpc) is 2.26. The van der Waals surface area contributed by atoms with Gasteiger partial charge >= 0.3 is 0 Å². The first-order valence-electron chi connectivity index (χ1n) is 6.04. The Kier molecular flexibility index (Phi) is 5.03. The molecule has 0 aliphatic rings. The molecule has 1 amide bonds. The minimum Gasteiger partial charge on any atom is -0.497 e. The molecule has 1 aromatic carbocycles. The van der Waals surface area contributed by atoms with Crippen molar-refractivity contribution >= 4 is 17.5 Å². The lowest BCUT2D eigenvalue weighted by atomic mass is 10.1. The van der Waals surface area contributed by atoms with Crippen molar-refractivity contribution in [3.63, 3.8) is 0 Å². The Hall–Kier alpha value is -1.22. The fourth-order valence-corrected chi connectivity index (χ4v) is 2.24. The molecule has 0 aliphatic heterocycles. The molecule has 1 rings (SSSR count). The number of carbonyl (C=O) groups is 1. The molecule has 0 atom stereocenters. The molecule has 0 spiro atoms. The van der Waals surface area contributed by atoms with Crippen LogP contribution in [-0.2, 0) is 0 Å². The molecular weight excluding hydrogens is 250 g/mol. The number of hydrogen-bond donors (Lipinski definition) is 0.